The average molecular weight is 311 g/mol. The van der Waals surface area contributed by atoms with Crippen molar-refractivity contribution in [3.05, 3.63) is 59.4 Å². The van der Waals surface area contributed by atoms with Gasteiger partial charge in [0.05, 0.1) is 11.3 Å². The molecule has 120 valence electrons. The molecule has 0 radical (unpaired) electrons. The molecule has 1 heterocycles. The third kappa shape index (κ3) is 4.64. The lowest BCUT2D eigenvalue weighted by molar-refractivity contribution is -0.116. The minimum atomic E-state index is -0.202. The van der Waals surface area contributed by atoms with Gasteiger partial charge in [0.25, 0.3) is 5.91 Å². The fourth-order valence-corrected chi connectivity index (χ4v) is 2.39. The van der Waals surface area contributed by atoms with E-state index in [0.29, 0.717) is 24.1 Å². The fourth-order valence-electron chi connectivity index (χ4n) is 2.39. The van der Waals surface area contributed by atoms with E-state index in [2.05, 4.69) is 15.6 Å². The van der Waals surface area contributed by atoms with Crippen molar-refractivity contribution in [1.82, 2.24) is 10.3 Å². The molecule has 2 rings (SSSR count). The molecular formula is C18H21N3O2. The van der Waals surface area contributed by atoms with E-state index in [1.807, 2.05) is 37.3 Å². The summed E-state index contributed by atoms with van der Waals surface area (Å²) in [6, 6.07) is 11.2. The average Bonchev–Trinajstić information content (AvgIpc) is 2.55. The second-order valence-electron chi connectivity index (χ2n) is 5.30. The van der Waals surface area contributed by atoms with E-state index >= 15 is 0 Å². The molecule has 5 nitrogen and oxygen atoms in total. The number of hydrogen-bond acceptors (Lipinski definition) is 3. The zero-order chi connectivity index (χ0) is 16.7. The molecule has 0 aliphatic heterocycles. The first-order valence-corrected chi connectivity index (χ1v) is 7.63. The monoisotopic (exact) mass is 311 g/mol. The van der Waals surface area contributed by atoms with E-state index < -0.39 is 0 Å². The van der Waals surface area contributed by atoms with Gasteiger partial charge < -0.3 is 10.6 Å². The van der Waals surface area contributed by atoms with E-state index in [9.17, 15) is 9.59 Å². The van der Waals surface area contributed by atoms with Gasteiger partial charge in [-0.1, -0.05) is 18.2 Å². The molecule has 1 aromatic heterocycles. The molecule has 0 atom stereocenters. The number of amides is 2. The predicted molar refractivity (Wildman–Crippen MR) is 90.4 cm³/mol. The first-order valence-electron chi connectivity index (χ1n) is 7.63. The van der Waals surface area contributed by atoms with Gasteiger partial charge in [-0.05, 0) is 43.5 Å². The molecule has 0 saturated carbocycles. The number of aryl methyl sites for hydroxylation is 2. The molecule has 0 aliphatic rings. The summed E-state index contributed by atoms with van der Waals surface area (Å²) in [6.07, 6.45) is 3.60. The van der Waals surface area contributed by atoms with Crippen LogP contribution >= 0.6 is 0 Å². The molecule has 2 N–H and O–H groups in total. The van der Waals surface area contributed by atoms with Crippen LogP contribution in [0.2, 0.25) is 0 Å². The Bertz CT molecular complexity index is 684. The van der Waals surface area contributed by atoms with Gasteiger partial charge in [0.2, 0.25) is 5.91 Å². The summed E-state index contributed by atoms with van der Waals surface area (Å²) < 4.78 is 0. The highest BCUT2D eigenvalue weighted by atomic mass is 16.2. The van der Waals surface area contributed by atoms with Gasteiger partial charge in [0.1, 0.15) is 0 Å². The first-order chi connectivity index (χ1) is 11.1. The third-order valence-electron chi connectivity index (χ3n) is 3.56. The SMILES string of the molecule is CNC(=O)c1c(C)cccc1NC(=O)CCCc1ccccn1. The van der Waals surface area contributed by atoms with Gasteiger partial charge in [-0.3, -0.25) is 14.6 Å². The van der Waals surface area contributed by atoms with Crippen molar-refractivity contribution >= 4 is 17.5 Å². The molecule has 0 bridgehead atoms. The number of benzene rings is 1. The standard InChI is InChI=1S/C18H21N3O2/c1-13-7-5-10-15(17(13)18(23)19-2)21-16(22)11-6-9-14-8-3-4-12-20-14/h3-5,7-8,10,12H,6,9,11H2,1-2H3,(H,19,23)(H,21,22). The van der Waals surface area contributed by atoms with Crippen LogP contribution in [0.4, 0.5) is 5.69 Å². The van der Waals surface area contributed by atoms with Gasteiger partial charge in [-0.25, -0.2) is 0 Å². The van der Waals surface area contributed by atoms with Crippen molar-refractivity contribution in [3.8, 4) is 0 Å². The Kier molecular flexibility index (Phi) is 5.86. The summed E-state index contributed by atoms with van der Waals surface area (Å²) in [7, 11) is 1.58. The Morgan fingerprint density at radius 2 is 1.96 bits per heavy atom. The van der Waals surface area contributed by atoms with E-state index in [1.165, 1.54) is 0 Å². The van der Waals surface area contributed by atoms with Crippen molar-refractivity contribution in [2.24, 2.45) is 0 Å². The highest BCUT2D eigenvalue weighted by Crippen LogP contribution is 2.20. The summed E-state index contributed by atoms with van der Waals surface area (Å²) in [4.78, 5) is 28.3. The summed E-state index contributed by atoms with van der Waals surface area (Å²) in [5.74, 6) is -0.302. The van der Waals surface area contributed by atoms with Crippen molar-refractivity contribution in [2.45, 2.75) is 26.2 Å². The van der Waals surface area contributed by atoms with Crippen LogP contribution in [0, 0.1) is 6.92 Å². The highest BCUT2D eigenvalue weighted by molar-refractivity contribution is 6.04. The van der Waals surface area contributed by atoms with Crippen LogP contribution in [0.1, 0.15) is 34.5 Å². The van der Waals surface area contributed by atoms with Crippen LogP contribution < -0.4 is 10.6 Å². The maximum Gasteiger partial charge on any atom is 0.253 e. The number of anilines is 1. The third-order valence-corrected chi connectivity index (χ3v) is 3.56. The number of nitrogens with one attached hydrogen (secondary N) is 2. The maximum absolute atomic E-state index is 12.1. The molecule has 2 amide bonds. The number of pyridine rings is 1. The zero-order valence-corrected chi connectivity index (χ0v) is 13.4. The molecule has 5 heteroatoms. The number of carbonyl (C=O) groups is 2. The summed E-state index contributed by atoms with van der Waals surface area (Å²) in [6.45, 7) is 1.85. The fraction of sp³-hybridized carbons (Fsp3) is 0.278. The zero-order valence-electron chi connectivity index (χ0n) is 13.4. The quantitative estimate of drug-likeness (QED) is 0.861. The van der Waals surface area contributed by atoms with Gasteiger partial charge in [-0.15, -0.1) is 0 Å². The van der Waals surface area contributed by atoms with Crippen LogP contribution in [0.15, 0.2) is 42.6 Å². The van der Waals surface area contributed by atoms with Crippen molar-refractivity contribution in [3.63, 3.8) is 0 Å². The van der Waals surface area contributed by atoms with Crippen molar-refractivity contribution in [1.29, 1.82) is 0 Å². The second kappa shape index (κ2) is 8.08. The largest absolute Gasteiger partial charge is 0.355 e. The van der Waals surface area contributed by atoms with E-state index in [4.69, 9.17) is 0 Å². The Labute approximate surface area is 136 Å². The Hall–Kier alpha value is -2.69. The highest BCUT2D eigenvalue weighted by Gasteiger charge is 2.14. The lowest BCUT2D eigenvalue weighted by Gasteiger charge is -2.12. The summed E-state index contributed by atoms with van der Waals surface area (Å²) in [5.41, 5.74) is 2.86. The smallest absolute Gasteiger partial charge is 0.253 e. The molecule has 2 aromatic rings. The number of carbonyl (C=O) groups excluding carboxylic acids is 2. The van der Waals surface area contributed by atoms with E-state index in [-0.39, 0.29) is 11.8 Å². The molecule has 0 aliphatic carbocycles. The van der Waals surface area contributed by atoms with Crippen LogP contribution in [0.5, 0.6) is 0 Å². The topological polar surface area (TPSA) is 71.1 Å². The van der Waals surface area contributed by atoms with Crippen LogP contribution in [0.25, 0.3) is 0 Å². The van der Waals surface area contributed by atoms with Gasteiger partial charge in [-0.2, -0.15) is 0 Å². The predicted octanol–water partition coefficient (Wildman–Crippen LogP) is 2.71. The lowest BCUT2D eigenvalue weighted by atomic mass is 10.1. The van der Waals surface area contributed by atoms with E-state index in [1.54, 1.807) is 19.3 Å². The molecule has 1 aromatic carbocycles. The Balaban J connectivity index is 1.95. The number of aromatic nitrogens is 1. The molecular weight excluding hydrogens is 290 g/mol. The van der Waals surface area contributed by atoms with Crippen LogP contribution in [0.3, 0.4) is 0 Å². The molecule has 0 saturated heterocycles. The van der Waals surface area contributed by atoms with Crippen molar-refractivity contribution in [2.75, 3.05) is 12.4 Å². The van der Waals surface area contributed by atoms with E-state index in [0.717, 1.165) is 17.7 Å². The molecule has 0 unspecified atom stereocenters. The van der Waals surface area contributed by atoms with Crippen LogP contribution in [-0.4, -0.2) is 23.8 Å². The summed E-state index contributed by atoms with van der Waals surface area (Å²) >= 11 is 0. The Morgan fingerprint density at radius 1 is 1.13 bits per heavy atom. The summed E-state index contributed by atoms with van der Waals surface area (Å²) in [5, 5.41) is 5.43. The van der Waals surface area contributed by atoms with Gasteiger partial charge in [0, 0.05) is 25.4 Å². The van der Waals surface area contributed by atoms with Gasteiger partial charge in [0.15, 0.2) is 0 Å². The number of hydrogen-bond donors (Lipinski definition) is 2. The minimum absolute atomic E-state index is 0.100. The number of rotatable bonds is 6. The minimum Gasteiger partial charge on any atom is -0.355 e. The lowest BCUT2D eigenvalue weighted by Crippen LogP contribution is -2.22. The molecule has 0 fully saturated rings. The molecule has 0 spiro atoms. The Morgan fingerprint density at radius 3 is 2.65 bits per heavy atom. The van der Waals surface area contributed by atoms with Crippen LogP contribution in [-0.2, 0) is 11.2 Å². The maximum atomic E-state index is 12.1. The molecule has 23 heavy (non-hydrogen) atoms. The second-order valence-corrected chi connectivity index (χ2v) is 5.30. The first kappa shape index (κ1) is 16.7. The van der Waals surface area contributed by atoms with Gasteiger partial charge >= 0.3 is 0 Å². The number of nitrogens with zero attached hydrogens (tertiary/aromatic N) is 1. The van der Waals surface area contributed by atoms with Crippen molar-refractivity contribution < 1.29 is 9.59 Å². The normalized spacial score (nSPS) is 10.2.